The van der Waals surface area contributed by atoms with Crippen LogP contribution in [-0.2, 0) is 23.6 Å². The molecule has 0 atom stereocenters. The van der Waals surface area contributed by atoms with Crippen molar-refractivity contribution in [3.05, 3.63) is 46.6 Å². The number of rotatable bonds is 6. The number of carbonyl (C=O) groups is 1. The van der Waals surface area contributed by atoms with Gasteiger partial charge in [-0.2, -0.15) is 26.3 Å². The first-order valence-corrected chi connectivity index (χ1v) is 8.15. The van der Waals surface area contributed by atoms with Gasteiger partial charge in [-0.25, -0.2) is 0 Å². The molecule has 0 unspecified atom stereocenters. The Bertz CT molecular complexity index is 836. The molecule has 154 valence electrons. The first-order valence-electron chi connectivity index (χ1n) is 8.15. The molecule has 0 saturated carbocycles. The summed E-state index contributed by atoms with van der Waals surface area (Å²) >= 11 is 0. The predicted molar refractivity (Wildman–Crippen MR) is 89.6 cm³/mol. The van der Waals surface area contributed by atoms with E-state index in [0.29, 0.717) is 30.9 Å². The Morgan fingerprint density at radius 2 is 1.57 bits per heavy atom. The van der Waals surface area contributed by atoms with Crippen LogP contribution in [0.5, 0.6) is 0 Å². The van der Waals surface area contributed by atoms with Crippen LogP contribution in [-0.4, -0.2) is 24.2 Å². The van der Waals surface area contributed by atoms with E-state index in [0.717, 1.165) is 0 Å². The number of hydrogen-bond donors (Lipinski definition) is 1. The number of ether oxygens (including phenoxy) is 1. The number of carbonyl (C=O) groups excluding carboxylic acids is 1. The van der Waals surface area contributed by atoms with Gasteiger partial charge >= 0.3 is 12.4 Å². The molecule has 0 fully saturated rings. The number of benzene rings is 1. The second-order valence-electron chi connectivity index (χ2n) is 6.19. The van der Waals surface area contributed by atoms with Gasteiger partial charge < -0.3 is 15.0 Å². The Kier molecular flexibility index (Phi) is 6.12. The molecule has 0 radical (unpaired) electrons. The summed E-state index contributed by atoms with van der Waals surface area (Å²) in [6, 6.07) is 2.52. The lowest BCUT2D eigenvalue weighted by Crippen LogP contribution is -2.13. The van der Waals surface area contributed by atoms with E-state index in [1.165, 1.54) is 24.7 Å². The van der Waals surface area contributed by atoms with Crippen LogP contribution >= 0.6 is 0 Å². The van der Waals surface area contributed by atoms with Crippen molar-refractivity contribution >= 4 is 5.91 Å². The highest BCUT2D eigenvalue weighted by Gasteiger charge is 2.37. The van der Waals surface area contributed by atoms with Crippen LogP contribution in [0.15, 0.2) is 24.3 Å². The number of nitrogens with two attached hydrogens (primary N) is 1. The molecule has 0 aliphatic carbocycles. The van der Waals surface area contributed by atoms with E-state index in [-0.39, 0.29) is 29.4 Å². The van der Waals surface area contributed by atoms with Gasteiger partial charge in [-0.05, 0) is 43.2 Å². The summed E-state index contributed by atoms with van der Waals surface area (Å²) in [7, 11) is 1.46. The number of amides is 1. The molecule has 1 heterocycles. The van der Waals surface area contributed by atoms with Crippen LogP contribution in [0.4, 0.5) is 26.3 Å². The number of primary amides is 1. The van der Waals surface area contributed by atoms with E-state index >= 15 is 0 Å². The minimum Gasteiger partial charge on any atom is -0.385 e. The van der Waals surface area contributed by atoms with Crippen molar-refractivity contribution in [3.8, 4) is 11.3 Å². The van der Waals surface area contributed by atoms with E-state index in [9.17, 15) is 31.1 Å². The van der Waals surface area contributed by atoms with E-state index in [2.05, 4.69) is 0 Å². The van der Waals surface area contributed by atoms with Gasteiger partial charge in [0, 0.05) is 31.6 Å². The lowest BCUT2D eigenvalue weighted by Gasteiger charge is -2.16. The summed E-state index contributed by atoms with van der Waals surface area (Å²) in [6.45, 7) is 2.06. The second-order valence-corrected chi connectivity index (χ2v) is 6.19. The summed E-state index contributed by atoms with van der Waals surface area (Å²) in [5.41, 5.74) is 2.54. The summed E-state index contributed by atoms with van der Waals surface area (Å²) < 4.78 is 85.3. The number of nitrogens with zero attached hydrogens (tertiary/aromatic N) is 1. The highest BCUT2D eigenvalue weighted by atomic mass is 19.4. The summed E-state index contributed by atoms with van der Waals surface area (Å²) in [5.74, 6) is -0.827. The maximum Gasteiger partial charge on any atom is 0.416 e. The highest BCUT2D eigenvalue weighted by Crippen LogP contribution is 2.39. The van der Waals surface area contributed by atoms with Gasteiger partial charge in [0.15, 0.2) is 0 Å². The summed E-state index contributed by atoms with van der Waals surface area (Å²) in [5, 5.41) is 0. The molecule has 1 aromatic heterocycles. The van der Waals surface area contributed by atoms with Crippen molar-refractivity contribution in [1.82, 2.24) is 4.57 Å². The third-order valence-electron chi connectivity index (χ3n) is 4.25. The maximum atomic E-state index is 13.1. The Morgan fingerprint density at radius 3 is 2.00 bits per heavy atom. The average molecular weight is 408 g/mol. The highest BCUT2D eigenvalue weighted by molar-refractivity contribution is 5.95. The zero-order valence-electron chi connectivity index (χ0n) is 15.0. The zero-order valence-corrected chi connectivity index (χ0v) is 15.0. The molecule has 1 aromatic carbocycles. The molecule has 1 amide bonds. The van der Waals surface area contributed by atoms with Crippen molar-refractivity contribution < 1.29 is 35.9 Å². The SMILES string of the molecule is COCCCn1c(-c2cc(C(F)(F)F)cc(C(F)(F)F)c2)cc(C(N)=O)c1C. The maximum absolute atomic E-state index is 13.1. The fourth-order valence-corrected chi connectivity index (χ4v) is 2.89. The van der Waals surface area contributed by atoms with Gasteiger partial charge in [0.25, 0.3) is 5.91 Å². The molecule has 10 heteroatoms. The van der Waals surface area contributed by atoms with E-state index in [1.807, 2.05) is 0 Å². The standard InChI is InChI=1S/C18H18F6N2O2/c1-10-14(16(25)27)9-15(26(10)4-3-5-28-2)11-6-12(17(19,20)21)8-13(7-11)18(22,23)24/h6-9H,3-5H2,1-2H3,(H2,25,27). The van der Waals surface area contributed by atoms with Gasteiger partial charge in [-0.1, -0.05) is 0 Å². The average Bonchev–Trinajstić information content (AvgIpc) is 2.90. The van der Waals surface area contributed by atoms with E-state index in [1.54, 1.807) is 0 Å². The van der Waals surface area contributed by atoms with Gasteiger partial charge in [-0.15, -0.1) is 0 Å². The smallest absolute Gasteiger partial charge is 0.385 e. The third kappa shape index (κ3) is 4.67. The third-order valence-corrected chi connectivity index (χ3v) is 4.25. The van der Waals surface area contributed by atoms with Crippen molar-refractivity contribution in [3.63, 3.8) is 0 Å². The Balaban J connectivity index is 2.71. The number of halogens is 6. The Morgan fingerprint density at radius 1 is 1.04 bits per heavy atom. The number of alkyl halides is 6. The molecule has 2 aromatic rings. The molecule has 2 rings (SSSR count). The lowest BCUT2D eigenvalue weighted by atomic mass is 10.0. The van der Waals surface area contributed by atoms with E-state index < -0.39 is 29.4 Å². The number of aromatic nitrogens is 1. The van der Waals surface area contributed by atoms with E-state index in [4.69, 9.17) is 10.5 Å². The molecule has 0 saturated heterocycles. The topological polar surface area (TPSA) is 57.2 Å². The second kappa shape index (κ2) is 7.86. The van der Waals surface area contributed by atoms with Gasteiger partial charge in [-0.3, -0.25) is 4.79 Å². The fraction of sp³-hybridized carbons (Fsp3) is 0.389. The molecular formula is C18H18F6N2O2. The number of methoxy groups -OCH3 is 1. The summed E-state index contributed by atoms with van der Waals surface area (Å²) in [4.78, 5) is 11.6. The molecule has 2 N–H and O–H groups in total. The van der Waals surface area contributed by atoms with Crippen molar-refractivity contribution in [2.45, 2.75) is 32.2 Å². The molecule has 0 spiro atoms. The van der Waals surface area contributed by atoms with Crippen molar-refractivity contribution in [2.24, 2.45) is 5.73 Å². The molecular weight excluding hydrogens is 390 g/mol. The van der Waals surface area contributed by atoms with Gasteiger partial charge in [0.1, 0.15) is 0 Å². The minimum absolute atomic E-state index is 0.0263. The molecule has 0 aliphatic heterocycles. The molecule has 28 heavy (non-hydrogen) atoms. The largest absolute Gasteiger partial charge is 0.416 e. The lowest BCUT2D eigenvalue weighted by molar-refractivity contribution is -0.143. The predicted octanol–water partition coefficient (Wildman–Crippen LogP) is 4.64. The molecule has 4 nitrogen and oxygen atoms in total. The quantitative estimate of drug-likeness (QED) is 0.560. The van der Waals surface area contributed by atoms with Crippen molar-refractivity contribution in [1.29, 1.82) is 0 Å². The van der Waals surface area contributed by atoms with Crippen LogP contribution in [0.1, 0.15) is 33.6 Å². The molecule has 0 aliphatic rings. The van der Waals surface area contributed by atoms with Crippen molar-refractivity contribution in [2.75, 3.05) is 13.7 Å². The first-order chi connectivity index (χ1) is 12.9. The first kappa shape index (κ1) is 21.8. The molecule has 0 bridgehead atoms. The minimum atomic E-state index is -4.97. The van der Waals surface area contributed by atoms with Crippen LogP contribution in [0, 0.1) is 6.92 Å². The van der Waals surface area contributed by atoms with Crippen LogP contribution < -0.4 is 5.73 Å². The monoisotopic (exact) mass is 408 g/mol. The zero-order chi connectivity index (χ0) is 21.3. The van der Waals surface area contributed by atoms with Crippen LogP contribution in [0.3, 0.4) is 0 Å². The van der Waals surface area contributed by atoms with Crippen LogP contribution in [0.25, 0.3) is 11.3 Å². The Hall–Kier alpha value is -2.49. The van der Waals surface area contributed by atoms with Gasteiger partial charge in [0.05, 0.1) is 16.7 Å². The number of hydrogen-bond acceptors (Lipinski definition) is 2. The summed E-state index contributed by atoms with van der Waals surface area (Å²) in [6.07, 6.45) is -9.50. The Labute approximate surface area is 156 Å². The normalized spacial score (nSPS) is 12.4. The van der Waals surface area contributed by atoms with Crippen LogP contribution in [0.2, 0.25) is 0 Å². The van der Waals surface area contributed by atoms with Gasteiger partial charge in [0.2, 0.25) is 0 Å². The fourth-order valence-electron chi connectivity index (χ4n) is 2.89.